The number of amides is 4. The number of hydrogen-bond acceptors (Lipinski definition) is 3. The molecule has 0 saturated carbocycles. The maximum Gasteiger partial charge on any atom is 0.344 e. The minimum Gasteiger partial charge on any atom is -0.327 e. The molecule has 7 nitrogen and oxygen atoms in total. The molecule has 2 aliphatic rings. The van der Waals surface area contributed by atoms with E-state index in [1.54, 1.807) is 31.2 Å². The van der Waals surface area contributed by atoms with E-state index >= 15 is 0 Å². The van der Waals surface area contributed by atoms with Crippen LogP contribution in [0.3, 0.4) is 0 Å². The first-order valence-corrected chi connectivity index (χ1v) is 8.36. The Labute approximate surface area is 141 Å². The van der Waals surface area contributed by atoms with Crippen LogP contribution in [0.25, 0.3) is 0 Å². The normalized spacial score (nSPS) is 24.8. The van der Waals surface area contributed by atoms with Crippen LogP contribution in [-0.2, 0) is 15.1 Å². The molecule has 1 atom stereocenters. The van der Waals surface area contributed by atoms with Gasteiger partial charge >= 0.3 is 6.03 Å². The lowest BCUT2D eigenvalue weighted by Gasteiger charge is -2.24. The molecule has 2 fully saturated rings. The highest BCUT2D eigenvalue weighted by Gasteiger charge is 2.50. The molecular weight excluding hydrogens is 308 g/mol. The van der Waals surface area contributed by atoms with Gasteiger partial charge in [-0.3, -0.25) is 15.0 Å². The van der Waals surface area contributed by atoms with Gasteiger partial charge in [-0.05, 0) is 31.7 Å². The van der Waals surface area contributed by atoms with Crippen LogP contribution in [0.1, 0.15) is 31.7 Å². The van der Waals surface area contributed by atoms with Crippen molar-refractivity contribution in [3.63, 3.8) is 0 Å². The average Bonchev–Trinajstić information content (AvgIpc) is 2.81. The van der Waals surface area contributed by atoms with Crippen molar-refractivity contribution in [1.29, 1.82) is 0 Å². The highest BCUT2D eigenvalue weighted by molar-refractivity contribution is 6.08. The van der Waals surface area contributed by atoms with E-state index in [-0.39, 0.29) is 12.5 Å². The van der Waals surface area contributed by atoms with E-state index in [1.807, 2.05) is 6.07 Å². The van der Waals surface area contributed by atoms with E-state index in [0.29, 0.717) is 5.56 Å². The lowest BCUT2D eigenvalue weighted by molar-refractivity contribution is -0.896. The molecule has 24 heavy (non-hydrogen) atoms. The zero-order valence-electron chi connectivity index (χ0n) is 13.8. The summed E-state index contributed by atoms with van der Waals surface area (Å²) in [5.41, 5.74) is 1.98. The van der Waals surface area contributed by atoms with Crippen LogP contribution in [0.15, 0.2) is 30.3 Å². The van der Waals surface area contributed by atoms with Gasteiger partial charge in [-0.2, -0.15) is 5.01 Å². The van der Waals surface area contributed by atoms with Crippen molar-refractivity contribution in [2.75, 3.05) is 19.6 Å². The second-order valence-electron chi connectivity index (χ2n) is 6.58. The number of benzene rings is 1. The van der Waals surface area contributed by atoms with Crippen molar-refractivity contribution >= 4 is 17.8 Å². The maximum absolute atomic E-state index is 12.7. The Hall–Kier alpha value is -2.41. The van der Waals surface area contributed by atoms with Crippen LogP contribution in [0.4, 0.5) is 4.79 Å². The summed E-state index contributed by atoms with van der Waals surface area (Å²) in [7, 11) is 0. The van der Waals surface area contributed by atoms with E-state index in [1.165, 1.54) is 11.3 Å². The van der Waals surface area contributed by atoms with Gasteiger partial charge in [-0.15, -0.1) is 0 Å². The Kier molecular flexibility index (Phi) is 4.53. The monoisotopic (exact) mass is 331 g/mol. The Morgan fingerprint density at radius 3 is 2.54 bits per heavy atom. The van der Waals surface area contributed by atoms with Crippen LogP contribution in [0, 0.1) is 0 Å². The minimum absolute atomic E-state index is 0.277. The Balaban J connectivity index is 1.67. The number of piperidine rings is 1. The summed E-state index contributed by atoms with van der Waals surface area (Å²) < 4.78 is 0. The van der Waals surface area contributed by atoms with E-state index in [2.05, 4.69) is 10.7 Å². The second kappa shape index (κ2) is 6.60. The van der Waals surface area contributed by atoms with Crippen molar-refractivity contribution in [3.8, 4) is 0 Å². The quantitative estimate of drug-likeness (QED) is 0.654. The standard InChI is InChI=1S/C17H22N4O3/c1-17(13-8-4-2-5-9-13)15(23)21(16(24)18-17)19-14(22)12-20-10-6-3-7-11-20/h2,4-5,8-9H,3,6-7,10-12H2,1H3,(H,18,24)(H,19,22)/p+1/t17-/m0/s1. The number of carbonyl (C=O) groups is 3. The van der Waals surface area contributed by atoms with Crippen molar-refractivity contribution in [1.82, 2.24) is 15.8 Å². The molecule has 1 aromatic rings. The molecule has 0 aromatic heterocycles. The van der Waals surface area contributed by atoms with E-state index < -0.39 is 17.5 Å². The number of nitrogens with one attached hydrogen (secondary N) is 3. The van der Waals surface area contributed by atoms with Gasteiger partial charge in [-0.25, -0.2) is 4.79 Å². The van der Waals surface area contributed by atoms with Crippen molar-refractivity contribution in [2.24, 2.45) is 0 Å². The third-order valence-electron chi connectivity index (χ3n) is 4.75. The average molecular weight is 331 g/mol. The van der Waals surface area contributed by atoms with Gasteiger partial charge in [0.25, 0.3) is 11.8 Å². The fraction of sp³-hybridized carbons (Fsp3) is 0.471. The molecule has 4 amide bonds. The molecule has 7 heteroatoms. The van der Waals surface area contributed by atoms with Crippen molar-refractivity contribution in [3.05, 3.63) is 35.9 Å². The molecule has 1 aromatic carbocycles. The number of imide groups is 1. The first kappa shape index (κ1) is 16.4. The third kappa shape index (κ3) is 3.12. The highest BCUT2D eigenvalue weighted by atomic mass is 16.2. The number of nitrogens with zero attached hydrogens (tertiary/aromatic N) is 1. The van der Waals surface area contributed by atoms with Gasteiger partial charge in [0.1, 0.15) is 5.54 Å². The van der Waals surface area contributed by atoms with Crippen LogP contribution < -0.4 is 15.6 Å². The first-order valence-electron chi connectivity index (χ1n) is 8.36. The molecule has 3 N–H and O–H groups in total. The molecule has 128 valence electrons. The summed E-state index contributed by atoms with van der Waals surface area (Å²) in [5, 5.41) is 3.48. The maximum atomic E-state index is 12.7. The topological polar surface area (TPSA) is 83.0 Å². The molecule has 0 unspecified atom stereocenters. The molecule has 2 saturated heterocycles. The zero-order chi connectivity index (χ0) is 17.2. The summed E-state index contributed by atoms with van der Waals surface area (Å²) in [5.74, 6) is -0.784. The lowest BCUT2D eigenvalue weighted by Crippen LogP contribution is -3.14. The van der Waals surface area contributed by atoms with Crippen LogP contribution in [-0.4, -0.2) is 42.5 Å². The zero-order valence-corrected chi connectivity index (χ0v) is 13.8. The largest absolute Gasteiger partial charge is 0.344 e. The second-order valence-corrected chi connectivity index (χ2v) is 6.58. The lowest BCUT2D eigenvalue weighted by atomic mass is 9.92. The number of carbonyl (C=O) groups excluding carboxylic acids is 3. The summed E-state index contributed by atoms with van der Waals surface area (Å²) in [6.45, 7) is 3.83. The van der Waals surface area contributed by atoms with E-state index in [9.17, 15) is 14.4 Å². The van der Waals surface area contributed by atoms with Crippen molar-refractivity contribution in [2.45, 2.75) is 31.7 Å². The van der Waals surface area contributed by atoms with E-state index in [0.717, 1.165) is 30.9 Å². The molecule has 0 radical (unpaired) electrons. The van der Waals surface area contributed by atoms with Gasteiger partial charge in [0, 0.05) is 0 Å². The smallest absolute Gasteiger partial charge is 0.327 e. The summed E-state index contributed by atoms with van der Waals surface area (Å²) >= 11 is 0. The summed E-state index contributed by atoms with van der Waals surface area (Å²) in [6.07, 6.45) is 3.42. The number of likely N-dealkylation sites (tertiary alicyclic amines) is 1. The fourth-order valence-electron chi connectivity index (χ4n) is 3.33. The van der Waals surface area contributed by atoms with Gasteiger partial charge in [0.2, 0.25) is 0 Å². The van der Waals surface area contributed by atoms with Crippen LogP contribution >= 0.6 is 0 Å². The first-order chi connectivity index (χ1) is 11.5. The predicted octanol–water partition coefficient (Wildman–Crippen LogP) is -0.446. The van der Waals surface area contributed by atoms with E-state index in [4.69, 9.17) is 0 Å². The number of hydrogen-bond donors (Lipinski definition) is 3. The van der Waals surface area contributed by atoms with Crippen LogP contribution in [0.5, 0.6) is 0 Å². The Bertz CT molecular complexity index is 642. The number of rotatable bonds is 4. The fourth-order valence-corrected chi connectivity index (χ4v) is 3.33. The molecule has 0 spiro atoms. The number of hydrazine groups is 1. The van der Waals surface area contributed by atoms with Gasteiger partial charge < -0.3 is 10.2 Å². The molecule has 0 bridgehead atoms. The summed E-state index contributed by atoms with van der Waals surface area (Å²) in [4.78, 5) is 38.3. The van der Waals surface area contributed by atoms with Gasteiger partial charge in [-0.1, -0.05) is 30.3 Å². The van der Waals surface area contributed by atoms with Gasteiger partial charge in [0.05, 0.1) is 13.1 Å². The number of urea groups is 1. The van der Waals surface area contributed by atoms with Crippen LogP contribution in [0.2, 0.25) is 0 Å². The molecule has 3 rings (SSSR count). The minimum atomic E-state index is -1.16. The Morgan fingerprint density at radius 1 is 1.21 bits per heavy atom. The third-order valence-corrected chi connectivity index (χ3v) is 4.75. The molecule has 0 aliphatic carbocycles. The number of quaternary nitrogens is 1. The summed E-state index contributed by atoms with van der Waals surface area (Å²) in [6, 6.07) is 8.41. The van der Waals surface area contributed by atoms with Gasteiger partial charge in [0.15, 0.2) is 6.54 Å². The highest BCUT2D eigenvalue weighted by Crippen LogP contribution is 2.27. The predicted molar refractivity (Wildman–Crippen MR) is 86.7 cm³/mol. The van der Waals surface area contributed by atoms with Crippen molar-refractivity contribution < 1.29 is 19.3 Å². The molecule has 2 aliphatic heterocycles. The molecule has 2 heterocycles. The molecular formula is C17H23N4O3+. The SMILES string of the molecule is C[C@@]1(c2ccccc2)NC(=O)N(NC(=O)C[NH+]2CCCCC2)C1=O. The Morgan fingerprint density at radius 2 is 1.88 bits per heavy atom.